The van der Waals surface area contributed by atoms with Crippen molar-refractivity contribution in [1.29, 1.82) is 0 Å². The number of aliphatic hydroxyl groups is 2. The van der Waals surface area contributed by atoms with Crippen molar-refractivity contribution in [2.45, 2.75) is 69.6 Å². The maximum Gasteiger partial charge on any atom is 0.0963 e. The zero-order valence-electron chi connectivity index (χ0n) is 12.7. The van der Waals surface area contributed by atoms with Gasteiger partial charge in [-0.05, 0) is 19.8 Å². The quantitative estimate of drug-likeness (QED) is 0.652. The first-order valence-electron chi connectivity index (χ1n) is 7.82. The Morgan fingerprint density at radius 1 is 1.05 bits per heavy atom. The number of likely N-dealkylation sites (tertiary alicyclic amines) is 1. The van der Waals surface area contributed by atoms with E-state index in [1.54, 1.807) is 0 Å². The molecule has 0 bridgehead atoms. The van der Waals surface area contributed by atoms with Gasteiger partial charge < -0.3 is 15.1 Å². The molecule has 110 valence electrons. The van der Waals surface area contributed by atoms with Crippen LogP contribution in [0, 0.1) is 5.92 Å². The summed E-state index contributed by atoms with van der Waals surface area (Å²) in [7, 11) is 2.19. The van der Waals surface area contributed by atoms with Gasteiger partial charge in [-0.2, -0.15) is 0 Å². The normalized spacial score (nSPS) is 43.5. The molecule has 2 aliphatic rings. The number of piperidine rings is 1. The van der Waals surface area contributed by atoms with E-state index in [2.05, 4.69) is 20.9 Å². The van der Waals surface area contributed by atoms with Crippen LogP contribution in [-0.4, -0.2) is 41.0 Å². The lowest BCUT2D eigenvalue weighted by molar-refractivity contribution is -0.915. The highest BCUT2D eigenvalue weighted by Gasteiger charge is 2.42. The van der Waals surface area contributed by atoms with Crippen LogP contribution in [0.2, 0.25) is 0 Å². The summed E-state index contributed by atoms with van der Waals surface area (Å²) in [4.78, 5) is 1.49. The first-order chi connectivity index (χ1) is 8.85. The molecule has 1 aliphatic carbocycles. The van der Waals surface area contributed by atoms with E-state index in [0.717, 1.165) is 38.6 Å². The molecule has 4 atom stereocenters. The summed E-state index contributed by atoms with van der Waals surface area (Å²) in [5, 5.41) is 21.4. The molecule has 1 unspecified atom stereocenters. The van der Waals surface area contributed by atoms with Crippen molar-refractivity contribution in [3.8, 4) is 0 Å². The van der Waals surface area contributed by atoms with E-state index in [0.29, 0.717) is 6.04 Å². The van der Waals surface area contributed by atoms with Crippen LogP contribution in [0.4, 0.5) is 0 Å². The molecule has 1 saturated heterocycles. The highest BCUT2D eigenvalue weighted by molar-refractivity contribution is 5.12. The molecule has 0 aromatic heterocycles. The number of hydrogen-bond acceptors (Lipinski definition) is 2. The number of quaternary nitrogens is 1. The van der Waals surface area contributed by atoms with E-state index in [1.165, 1.54) is 11.3 Å². The fraction of sp³-hybridized carbons (Fsp3) is 0.875. The lowest BCUT2D eigenvalue weighted by atomic mass is 9.77. The van der Waals surface area contributed by atoms with Gasteiger partial charge in [-0.25, -0.2) is 0 Å². The van der Waals surface area contributed by atoms with Gasteiger partial charge in [0.05, 0.1) is 30.8 Å². The van der Waals surface area contributed by atoms with Crippen molar-refractivity contribution in [3.63, 3.8) is 0 Å². The summed E-state index contributed by atoms with van der Waals surface area (Å²) in [5.41, 5.74) is -1.42. The molecule has 19 heavy (non-hydrogen) atoms. The molecule has 1 saturated carbocycles. The number of nitrogens with one attached hydrogen (secondary N) is 1. The topological polar surface area (TPSA) is 44.9 Å². The Morgan fingerprint density at radius 2 is 1.68 bits per heavy atom. The molecule has 0 aromatic carbocycles. The molecule has 3 heteroatoms. The second kappa shape index (κ2) is 5.55. The van der Waals surface area contributed by atoms with Gasteiger partial charge in [0, 0.05) is 12.3 Å². The standard InChI is InChI=1S/C16H29NO2/c1-13-12-17(3)14(2)11-16(13,19)10-9-15(18)7-5-4-6-8-15/h9-10,13-14,18-19H,4-8,11-12H2,1-3H3/p+1/b10-9+/t13-,14-,16-/m1/s1. The third-order valence-electron chi connectivity index (χ3n) is 5.36. The van der Waals surface area contributed by atoms with Crippen LogP contribution in [0.15, 0.2) is 12.2 Å². The van der Waals surface area contributed by atoms with Crippen LogP contribution < -0.4 is 4.90 Å². The average Bonchev–Trinajstić information content (AvgIpc) is 2.36. The Hall–Kier alpha value is -0.380. The molecule has 0 amide bonds. The van der Waals surface area contributed by atoms with Crippen molar-refractivity contribution >= 4 is 0 Å². The highest BCUT2D eigenvalue weighted by atomic mass is 16.3. The summed E-state index contributed by atoms with van der Waals surface area (Å²) in [6.45, 7) is 5.29. The van der Waals surface area contributed by atoms with Crippen molar-refractivity contribution < 1.29 is 15.1 Å². The first-order valence-corrected chi connectivity index (χ1v) is 7.82. The highest BCUT2D eigenvalue weighted by Crippen LogP contribution is 2.32. The Kier molecular flexibility index (Phi) is 4.38. The maximum atomic E-state index is 10.9. The van der Waals surface area contributed by atoms with E-state index >= 15 is 0 Å². The van der Waals surface area contributed by atoms with Gasteiger partial charge in [0.2, 0.25) is 0 Å². The molecule has 1 heterocycles. The maximum absolute atomic E-state index is 10.9. The molecule has 3 nitrogen and oxygen atoms in total. The van der Waals surface area contributed by atoms with E-state index in [4.69, 9.17) is 0 Å². The molecule has 1 aliphatic heterocycles. The summed E-state index contributed by atoms with van der Waals surface area (Å²) >= 11 is 0. The molecular weight excluding hydrogens is 238 g/mol. The summed E-state index contributed by atoms with van der Waals surface area (Å²) < 4.78 is 0. The minimum absolute atomic E-state index is 0.243. The largest absolute Gasteiger partial charge is 0.386 e. The molecular formula is C16H30NO2+. The summed E-state index contributed by atoms with van der Waals surface area (Å²) in [6, 6.07) is 0.465. The van der Waals surface area contributed by atoms with Crippen molar-refractivity contribution in [2.75, 3.05) is 13.6 Å². The van der Waals surface area contributed by atoms with Gasteiger partial charge in [-0.3, -0.25) is 0 Å². The van der Waals surface area contributed by atoms with Gasteiger partial charge in [0.25, 0.3) is 0 Å². The summed E-state index contributed by atoms with van der Waals surface area (Å²) in [6.07, 6.45) is 9.69. The van der Waals surface area contributed by atoms with Crippen LogP contribution in [0.1, 0.15) is 52.4 Å². The van der Waals surface area contributed by atoms with Gasteiger partial charge in [-0.1, -0.05) is 38.3 Å². The predicted octanol–water partition coefficient (Wildman–Crippen LogP) is 0.912. The van der Waals surface area contributed by atoms with Gasteiger partial charge in [0.15, 0.2) is 0 Å². The van der Waals surface area contributed by atoms with Crippen molar-refractivity contribution in [1.82, 2.24) is 0 Å². The fourth-order valence-corrected chi connectivity index (χ4v) is 3.59. The minimum Gasteiger partial charge on any atom is -0.386 e. The van der Waals surface area contributed by atoms with Gasteiger partial charge in [-0.15, -0.1) is 0 Å². The zero-order valence-corrected chi connectivity index (χ0v) is 12.7. The smallest absolute Gasteiger partial charge is 0.0963 e. The van der Waals surface area contributed by atoms with Crippen molar-refractivity contribution in [2.24, 2.45) is 5.92 Å². The lowest BCUT2D eigenvalue weighted by Crippen LogP contribution is -3.15. The number of hydrogen-bond donors (Lipinski definition) is 3. The van der Waals surface area contributed by atoms with Crippen LogP contribution in [0.5, 0.6) is 0 Å². The second-order valence-corrected chi connectivity index (χ2v) is 7.05. The molecule has 2 rings (SSSR count). The molecule has 0 aromatic rings. The van der Waals surface area contributed by atoms with E-state index in [9.17, 15) is 10.2 Å². The minimum atomic E-state index is -0.744. The SMILES string of the molecule is C[C@@H]1C[C@](O)(/C=C/C2(O)CCCCC2)[C@H](C)C[NH+]1C. The fourth-order valence-electron chi connectivity index (χ4n) is 3.59. The van der Waals surface area contributed by atoms with Crippen molar-refractivity contribution in [3.05, 3.63) is 12.2 Å². The van der Waals surface area contributed by atoms with Gasteiger partial charge in [0.1, 0.15) is 0 Å². The lowest BCUT2D eigenvalue weighted by Gasteiger charge is -2.42. The van der Waals surface area contributed by atoms with Crippen LogP contribution in [-0.2, 0) is 0 Å². The third-order valence-corrected chi connectivity index (χ3v) is 5.36. The summed E-state index contributed by atoms with van der Waals surface area (Å²) in [5.74, 6) is 0.243. The Bertz CT molecular complexity index is 336. The third kappa shape index (κ3) is 3.39. The Morgan fingerprint density at radius 3 is 2.32 bits per heavy atom. The van der Waals surface area contributed by atoms with E-state index < -0.39 is 11.2 Å². The van der Waals surface area contributed by atoms with Crippen LogP contribution >= 0.6 is 0 Å². The predicted molar refractivity (Wildman–Crippen MR) is 77.1 cm³/mol. The van der Waals surface area contributed by atoms with Crippen LogP contribution in [0.25, 0.3) is 0 Å². The average molecular weight is 268 g/mol. The molecule has 3 N–H and O–H groups in total. The van der Waals surface area contributed by atoms with Gasteiger partial charge >= 0.3 is 0 Å². The molecule has 2 fully saturated rings. The first kappa shape index (κ1) is 15.0. The Labute approximate surface area is 117 Å². The zero-order chi connectivity index (χ0) is 14.1. The number of rotatable bonds is 2. The van der Waals surface area contributed by atoms with E-state index in [-0.39, 0.29) is 5.92 Å². The Balaban J connectivity index is 2.07. The van der Waals surface area contributed by atoms with Crippen LogP contribution in [0.3, 0.4) is 0 Å². The van der Waals surface area contributed by atoms with E-state index in [1.807, 2.05) is 12.2 Å². The molecule has 0 radical (unpaired) electrons. The second-order valence-electron chi connectivity index (χ2n) is 7.05. The molecule has 0 spiro atoms. The monoisotopic (exact) mass is 268 g/mol.